The van der Waals surface area contributed by atoms with Gasteiger partial charge in [0.1, 0.15) is 5.54 Å². The monoisotopic (exact) mass is 283 g/mol. The van der Waals surface area contributed by atoms with Crippen LogP contribution in [0.1, 0.15) is 19.3 Å². The number of likely N-dealkylation sites (tertiary alicyclic amines) is 1. The van der Waals surface area contributed by atoms with Gasteiger partial charge in [0.15, 0.2) is 0 Å². The van der Waals surface area contributed by atoms with Gasteiger partial charge in [-0.1, -0.05) is 18.2 Å². The molecule has 1 N–H and O–H groups in total. The number of terminal acetylenes is 1. The number of anilines is 1. The molecule has 3 rings (SSSR count). The van der Waals surface area contributed by atoms with Crippen LogP contribution < -0.4 is 10.2 Å². The summed E-state index contributed by atoms with van der Waals surface area (Å²) >= 11 is 0. The Morgan fingerprint density at radius 1 is 1.24 bits per heavy atom. The lowest BCUT2D eigenvalue weighted by Gasteiger charge is -2.43. The van der Waals surface area contributed by atoms with Crippen molar-refractivity contribution in [2.45, 2.75) is 24.8 Å². The smallest absolute Gasteiger partial charge is 0.247 e. The van der Waals surface area contributed by atoms with Crippen molar-refractivity contribution in [2.24, 2.45) is 0 Å². The molecule has 0 atom stereocenters. The molecule has 0 aromatic heterocycles. The standard InChI is InChI=1S/C17H21N3O/c1-2-3-11-19-12-9-17(10-13-19)16(21)18-14-20(17)15-7-5-4-6-8-15/h1,4-8H,3,9-14H2,(H,18,21). The van der Waals surface area contributed by atoms with Crippen molar-refractivity contribution in [3.63, 3.8) is 0 Å². The summed E-state index contributed by atoms with van der Waals surface area (Å²) in [4.78, 5) is 17.0. The molecule has 0 unspecified atom stereocenters. The molecule has 0 saturated carbocycles. The number of hydrogen-bond acceptors (Lipinski definition) is 3. The van der Waals surface area contributed by atoms with Crippen LogP contribution in [0.5, 0.6) is 0 Å². The molecule has 2 heterocycles. The van der Waals surface area contributed by atoms with Gasteiger partial charge in [0.05, 0.1) is 6.67 Å². The maximum absolute atomic E-state index is 12.5. The van der Waals surface area contributed by atoms with Gasteiger partial charge < -0.3 is 15.1 Å². The zero-order valence-corrected chi connectivity index (χ0v) is 12.2. The van der Waals surface area contributed by atoms with Gasteiger partial charge in [-0.05, 0) is 25.0 Å². The lowest BCUT2D eigenvalue weighted by Crippen LogP contribution is -2.56. The number of para-hydroxylation sites is 1. The third-order valence-electron chi connectivity index (χ3n) is 4.66. The molecular weight excluding hydrogens is 262 g/mol. The van der Waals surface area contributed by atoms with E-state index in [0.717, 1.165) is 44.6 Å². The highest BCUT2D eigenvalue weighted by molar-refractivity contribution is 5.93. The van der Waals surface area contributed by atoms with Crippen LogP contribution in [0.15, 0.2) is 30.3 Å². The summed E-state index contributed by atoms with van der Waals surface area (Å²) in [5.41, 5.74) is 0.737. The summed E-state index contributed by atoms with van der Waals surface area (Å²) < 4.78 is 0. The van der Waals surface area contributed by atoms with Gasteiger partial charge in [-0.25, -0.2) is 0 Å². The average Bonchev–Trinajstić information content (AvgIpc) is 2.85. The van der Waals surface area contributed by atoms with Crippen LogP contribution in [0, 0.1) is 12.3 Å². The SMILES string of the molecule is C#CCCN1CCC2(CC1)C(=O)NCN2c1ccccc1. The first-order chi connectivity index (χ1) is 10.3. The summed E-state index contributed by atoms with van der Waals surface area (Å²) in [7, 11) is 0. The predicted octanol–water partition coefficient (Wildman–Crippen LogP) is 1.44. The highest BCUT2D eigenvalue weighted by Crippen LogP contribution is 2.36. The summed E-state index contributed by atoms with van der Waals surface area (Å²) in [6, 6.07) is 10.2. The van der Waals surface area contributed by atoms with Crippen molar-refractivity contribution < 1.29 is 4.79 Å². The highest BCUT2D eigenvalue weighted by atomic mass is 16.2. The lowest BCUT2D eigenvalue weighted by molar-refractivity contribution is -0.125. The van der Waals surface area contributed by atoms with E-state index >= 15 is 0 Å². The van der Waals surface area contributed by atoms with Gasteiger partial charge in [-0.2, -0.15) is 0 Å². The fraction of sp³-hybridized carbons (Fsp3) is 0.471. The van der Waals surface area contributed by atoms with Gasteiger partial charge in [-0.3, -0.25) is 4.79 Å². The third-order valence-corrected chi connectivity index (χ3v) is 4.66. The van der Waals surface area contributed by atoms with Crippen LogP contribution in [-0.2, 0) is 4.79 Å². The fourth-order valence-corrected chi connectivity index (χ4v) is 3.40. The lowest BCUT2D eigenvalue weighted by atomic mass is 9.85. The number of piperidine rings is 1. The van der Waals surface area contributed by atoms with E-state index in [9.17, 15) is 4.79 Å². The topological polar surface area (TPSA) is 35.6 Å². The molecule has 2 saturated heterocycles. The van der Waals surface area contributed by atoms with Gasteiger partial charge in [0.2, 0.25) is 5.91 Å². The van der Waals surface area contributed by atoms with Crippen LogP contribution in [0.4, 0.5) is 5.69 Å². The molecule has 2 aliphatic heterocycles. The molecule has 2 aliphatic rings. The van der Waals surface area contributed by atoms with E-state index in [0.29, 0.717) is 6.67 Å². The molecular formula is C17H21N3O. The maximum atomic E-state index is 12.5. The minimum atomic E-state index is -0.381. The number of rotatable bonds is 3. The minimum Gasteiger partial charge on any atom is -0.339 e. The molecule has 4 nitrogen and oxygen atoms in total. The molecule has 0 bridgehead atoms. The normalized spacial score (nSPS) is 21.3. The first kappa shape index (κ1) is 14.0. The number of amides is 1. The Bertz CT molecular complexity index is 541. The Morgan fingerprint density at radius 2 is 1.95 bits per heavy atom. The molecule has 0 radical (unpaired) electrons. The molecule has 21 heavy (non-hydrogen) atoms. The van der Waals surface area contributed by atoms with Crippen molar-refractivity contribution in [1.82, 2.24) is 10.2 Å². The number of nitrogens with one attached hydrogen (secondary N) is 1. The van der Waals surface area contributed by atoms with Crippen molar-refractivity contribution in [2.75, 3.05) is 31.2 Å². The highest BCUT2D eigenvalue weighted by Gasteiger charge is 2.50. The van der Waals surface area contributed by atoms with E-state index in [1.165, 1.54) is 0 Å². The number of carbonyl (C=O) groups is 1. The molecule has 2 fully saturated rings. The number of nitrogens with zero attached hydrogens (tertiary/aromatic N) is 2. The molecule has 1 aromatic rings. The van der Waals surface area contributed by atoms with Crippen LogP contribution in [0.2, 0.25) is 0 Å². The Morgan fingerprint density at radius 3 is 2.62 bits per heavy atom. The molecule has 1 aromatic carbocycles. The Labute approximate surface area is 126 Å². The van der Waals surface area contributed by atoms with Gasteiger partial charge in [0.25, 0.3) is 0 Å². The van der Waals surface area contributed by atoms with E-state index in [2.05, 4.69) is 33.2 Å². The van der Waals surface area contributed by atoms with E-state index in [1.54, 1.807) is 0 Å². The second-order valence-corrected chi connectivity index (χ2v) is 5.75. The third kappa shape index (κ3) is 2.50. The Hall–Kier alpha value is -1.99. The van der Waals surface area contributed by atoms with Gasteiger partial charge in [-0.15, -0.1) is 12.3 Å². The number of hydrogen-bond donors (Lipinski definition) is 1. The van der Waals surface area contributed by atoms with E-state index in [4.69, 9.17) is 6.42 Å². The summed E-state index contributed by atoms with van der Waals surface area (Å²) in [6.07, 6.45) is 7.83. The molecule has 4 heteroatoms. The fourth-order valence-electron chi connectivity index (χ4n) is 3.40. The molecule has 1 spiro atoms. The van der Waals surface area contributed by atoms with Gasteiger partial charge >= 0.3 is 0 Å². The molecule has 0 aliphatic carbocycles. The predicted molar refractivity (Wildman–Crippen MR) is 83.8 cm³/mol. The second-order valence-electron chi connectivity index (χ2n) is 5.75. The second kappa shape index (κ2) is 5.79. The summed E-state index contributed by atoms with van der Waals surface area (Å²) in [6.45, 7) is 3.39. The van der Waals surface area contributed by atoms with Crippen molar-refractivity contribution >= 4 is 11.6 Å². The average molecular weight is 283 g/mol. The van der Waals surface area contributed by atoms with Gasteiger partial charge in [0, 0.05) is 31.7 Å². The Kier molecular flexibility index (Phi) is 3.85. The van der Waals surface area contributed by atoms with Crippen molar-refractivity contribution in [3.8, 4) is 12.3 Å². The zero-order chi connectivity index (χ0) is 14.7. The maximum Gasteiger partial charge on any atom is 0.247 e. The first-order valence-electron chi connectivity index (χ1n) is 7.53. The summed E-state index contributed by atoms with van der Waals surface area (Å²) in [5, 5.41) is 3.02. The molecule has 1 amide bonds. The van der Waals surface area contributed by atoms with Crippen molar-refractivity contribution in [1.29, 1.82) is 0 Å². The Balaban J connectivity index is 1.76. The molecule has 110 valence electrons. The van der Waals surface area contributed by atoms with E-state index in [1.807, 2.05) is 18.2 Å². The summed E-state index contributed by atoms with van der Waals surface area (Å²) in [5.74, 6) is 2.86. The number of carbonyl (C=O) groups excluding carboxylic acids is 1. The van der Waals surface area contributed by atoms with Crippen molar-refractivity contribution in [3.05, 3.63) is 30.3 Å². The minimum absolute atomic E-state index is 0.169. The van der Waals surface area contributed by atoms with E-state index in [-0.39, 0.29) is 11.4 Å². The zero-order valence-electron chi connectivity index (χ0n) is 12.2. The largest absolute Gasteiger partial charge is 0.339 e. The van der Waals surface area contributed by atoms with E-state index < -0.39 is 0 Å². The van der Waals surface area contributed by atoms with Crippen LogP contribution in [0.25, 0.3) is 0 Å². The first-order valence-corrected chi connectivity index (χ1v) is 7.53. The quantitative estimate of drug-likeness (QED) is 0.853. The van der Waals surface area contributed by atoms with Crippen LogP contribution in [-0.4, -0.2) is 42.6 Å². The van der Waals surface area contributed by atoms with Crippen LogP contribution in [0.3, 0.4) is 0 Å². The number of benzene rings is 1. The van der Waals surface area contributed by atoms with Crippen LogP contribution >= 0.6 is 0 Å².